The number of hydrogen-bond acceptors (Lipinski definition) is 5. The molecule has 0 fully saturated rings. The van der Waals surface area contributed by atoms with Gasteiger partial charge in [0.2, 0.25) is 0 Å². The van der Waals surface area contributed by atoms with E-state index in [0.717, 1.165) is 5.69 Å². The average molecular weight is 432 g/mol. The van der Waals surface area contributed by atoms with Crippen LogP contribution in [0.2, 0.25) is 10.2 Å². The molecule has 0 aliphatic rings. The minimum Gasteiger partial charge on any atom is -0.457 e. The Labute approximate surface area is 176 Å². The monoisotopic (exact) mass is 431 g/mol. The summed E-state index contributed by atoms with van der Waals surface area (Å²) in [5.74, 6) is -0.620. The Balaban J connectivity index is 1.69. The Hall–Kier alpha value is -3.16. The van der Waals surface area contributed by atoms with Crippen LogP contribution in [0.4, 0.5) is 5.69 Å². The molecule has 0 saturated carbocycles. The number of aryl methyl sites for hydroxylation is 1. The third-order valence-corrected chi connectivity index (χ3v) is 4.77. The fourth-order valence-corrected chi connectivity index (χ4v) is 3.08. The lowest BCUT2D eigenvalue weighted by Crippen LogP contribution is -2.02. The van der Waals surface area contributed by atoms with Gasteiger partial charge in [0, 0.05) is 17.7 Å². The van der Waals surface area contributed by atoms with Gasteiger partial charge in [-0.1, -0.05) is 47.5 Å². The molecule has 0 spiro atoms. The van der Waals surface area contributed by atoms with Crippen LogP contribution in [0.15, 0.2) is 54.6 Å². The van der Waals surface area contributed by atoms with Gasteiger partial charge in [-0.2, -0.15) is 5.10 Å². The predicted molar refractivity (Wildman–Crippen MR) is 110 cm³/mol. The second-order valence-electron chi connectivity index (χ2n) is 6.01. The summed E-state index contributed by atoms with van der Waals surface area (Å²) in [6, 6.07) is 13.6. The van der Waals surface area contributed by atoms with Crippen LogP contribution in [0.5, 0.6) is 0 Å². The number of nitro benzene ring substituents is 1. The van der Waals surface area contributed by atoms with Gasteiger partial charge in [-0.05, 0) is 36.8 Å². The van der Waals surface area contributed by atoms with Gasteiger partial charge >= 0.3 is 5.97 Å². The Bertz CT molecular complexity index is 1090. The van der Waals surface area contributed by atoms with E-state index in [-0.39, 0.29) is 17.3 Å². The van der Waals surface area contributed by atoms with E-state index in [0.29, 0.717) is 22.0 Å². The van der Waals surface area contributed by atoms with Gasteiger partial charge in [-0.3, -0.25) is 10.1 Å². The molecule has 0 amide bonds. The molecule has 148 valence electrons. The molecule has 0 aliphatic heterocycles. The molecule has 0 saturated heterocycles. The number of hydrogen-bond donors (Lipinski definition) is 0. The van der Waals surface area contributed by atoms with Crippen LogP contribution in [-0.2, 0) is 16.1 Å². The van der Waals surface area contributed by atoms with E-state index in [2.05, 4.69) is 5.10 Å². The number of ether oxygens (including phenoxy) is 1. The summed E-state index contributed by atoms with van der Waals surface area (Å²) in [6.45, 7) is 1.72. The van der Waals surface area contributed by atoms with Crippen molar-refractivity contribution in [3.63, 3.8) is 0 Å². The molecule has 3 rings (SSSR count). The molecular formula is C20H15Cl2N3O4. The van der Waals surface area contributed by atoms with E-state index in [1.165, 1.54) is 24.3 Å². The van der Waals surface area contributed by atoms with Crippen molar-refractivity contribution in [2.24, 2.45) is 0 Å². The first-order valence-corrected chi connectivity index (χ1v) is 9.20. The zero-order valence-electron chi connectivity index (χ0n) is 15.2. The van der Waals surface area contributed by atoms with Crippen molar-refractivity contribution in [2.45, 2.75) is 13.5 Å². The van der Waals surface area contributed by atoms with Crippen LogP contribution in [0, 0.1) is 17.0 Å². The van der Waals surface area contributed by atoms with Crippen molar-refractivity contribution in [1.29, 1.82) is 0 Å². The molecule has 0 bridgehead atoms. The van der Waals surface area contributed by atoms with Crippen LogP contribution in [0.3, 0.4) is 0 Å². The maximum Gasteiger partial charge on any atom is 0.331 e. The molecular weight excluding hydrogens is 417 g/mol. The number of para-hydroxylation sites is 1. The van der Waals surface area contributed by atoms with Crippen LogP contribution in [0.1, 0.15) is 16.8 Å². The van der Waals surface area contributed by atoms with E-state index in [1.54, 1.807) is 17.7 Å². The summed E-state index contributed by atoms with van der Waals surface area (Å²) in [6.07, 6.45) is 2.59. The highest BCUT2D eigenvalue weighted by Crippen LogP contribution is 2.26. The maximum absolute atomic E-state index is 12.0. The van der Waals surface area contributed by atoms with Gasteiger partial charge in [0.25, 0.3) is 5.69 Å². The van der Waals surface area contributed by atoms with Crippen LogP contribution >= 0.6 is 23.2 Å². The third kappa shape index (κ3) is 4.82. The molecule has 7 nitrogen and oxygen atoms in total. The molecule has 0 unspecified atom stereocenters. The summed E-state index contributed by atoms with van der Waals surface area (Å²) in [7, 11) is 0. The zero-order chi connectivity index (χ0) is 21.0. The molecule has 0 atom stereocenters. The Morgan fingerprint density at radius 1 is 1.24 bits per heavy atom. The largest absolute Gasteiger partial charge is 0.457 e. The minimum atomic E-state index is -0.620. The minimum absolute atomic E-state index is 0.0234. The second kappa shape index (κ2) is 8.89. The topological polar surface area (TPSA) is 87.3 Å². The number of halogens is 2. The Morgan fingerprint density at radius 2 is 1.97 bits per heavy atom. The summed E-state index contributed by atoms with van der Waals surface area (Å²) >= 11 is 12.2. The molecule has 0 N–H and O–H groups in total. The molecule has 1 aromatic heterocycles. The predicted octanol–water partition coefficient (Wildman–Crippen LogP) is 5.15. The van der Waals surface area contributed by atoms with E-state index in [9.17, 15) is 14.9 Å². The second-order valence-corrected chi connectivity index (χ2v) is 6.78. The number of rotatable bonds is 6. The Kier molecular flexibility index (Phi) is 6.31. The highest BCUT2D eigenvalue weighted by atomic mass is 35.5. The fraction of sp³-hybridized carbons (Fsp3) is 0.100. The highest BCUT2D eigenvalue weighted by Gasteiger charge is 2.16. The van der Waals surface area contributed by atoms with Gasteiger partial charge in [0.15, 0.2) is 0 Å². The number of carbonyl (C=O) groups is 1. The van der Waals surface area contributed by atoms with E-state index < -0.39 is 10.9 Å². The van der Waals surface area contributed by atoms with Crippen LogP contribution in [0.25, 0.3) is 11.8 Å². The van der Waals surface area contributed by atoms with Gasteiger partial charge in [0.1, 0.15) is 16.8 Å². The number of nitro groups is 1. The summed E-state index contributed by atoms with van der Waals surface area (Å²) in [4.78, 5) is 22.4. The number of nitrogens with zero attached hydrogens (tertiary/aromatic N) is 3. The molecule has 1 heterocycles. The molecule has 0 aliphatic carbocycles. The van der Waals surface area contributed by atoms with Crippen molar-refractivity contribution < 1.29 is 14.5 Å². The number of benzene rings is 2. The molecule has 0 radical (unpaired) electrons. The molecule has 3 aromatic rings. The SMILES string of the molecule is Cc1nn(-c2ccccc2)c(Cl)c1COC(=O)/C=C/c1ccc(Cl)c([N+](=O)[O-])c1. The summed E-state index contributed by atoms with van der Waals surface area (Å²) < 4.78 is 6.81. The van der Waals surface area contributed by atoms with Crippen LogP contribution < -0.4 is 0 Å². The Morgan fingerprint density at radius 3 is 2.66 bits per heavy atom. The van der Waals surface area contributed by atoms with E-state index in [4.69, 9.17) is 27.9 Å². The van der Waals surface area contributed by atoms with Crippen molar-refractivity contribution in [3.8, 4) is 5.69 Å². The molecule has 29 heavy (non-hydrogen) atoms. The fourth-order valence-electron chi connectivity index (χ4n) is 2.56. The average Bonchev–Trinajstić information content (AvgIpc) is 2.99. The van der Waals surface area contributed by atoms with Crippen LogP contribution in [-0.4, -0.2) is 20.7 Å². The lowest BCUT2D eigenvalue weighted by molar-refractivity contribution is -0.384. The lowest BCUT2D eigenvalue weighted by atomic mass is 10.2. The van der Waals surface area contributed by atoms with E-state index >= 15 is 0 Å². The standard InChI is InChI=1S/C20H15Cl2N3O4/c1-13-16(20(22)24(23-13)15-5-3-2-4-6-15)12-29-19(26)10-8-14-7-9-17(21)18(11-14)25(27)28/h2-11H,12H2,1H3/b10-8+. The zero-order valence-corrected chi connectivity index (χ0v) is 16.7. The first-order valence-electron chi connectivity index (χ1n) is 8.45. The van der Waals surface area contributed by atoms with Gasteiger partial charge < -0.3 is 4.74 Å². The number of carbonyl (C=O) groups excluding carboxylic acids is 1. The number of aromatic nitrogens is 2. The van der Waals surface area contributed by atoms with E-state index in [1.807, 2.05) is 30.3 Å². The maximum atomic E-state index is 12.0. The molecule has 9 heteroatoms. The first kappa shape index (κ1) is 20.6. The smallest absolute Gasteiger partial charge is 0.331 e. The molecule has 2 aromatic carbocycles. The van der Waals surface area contributed by atoms with Crippen molar-refractivity contribution in [1.82, 2.24) is 9.78 Å². The highest BCUT2D eigenvalue weighted by molar-refractivity contribution is 6.32. The van der Waals surface area contributed by atoms with Crippen molar-refractivity contribution >= 4 is 40.9 Å². The normalized spacial score (nSPS) is 11.0. The quantitative estimate of drug-likeness (QED) is 0.233. The lowest BCUT2D eigenvalue weighted by Gasteiger charge is -2.04. The van der Waals surface area contributed by atoms with Gasteiger partial charge in [0.05, 0.1) is 16.3 Å². The van der Waals surface area contributed by atoms with Crippen molar-refractivity contribution in [3.05, 3.63) is 91.7 Å². The number of esters is 1. The first-order chi connectivity index (χ1) is 13.9. The summed E-state index contributed by atoms with van der Waals surface area (Å²) in [5, 5.41) is 15.7. The third-order valence-electron chi connectivity index (χ3n) is 4.06. The van der Waals surface area contributed by atoms with Gasteiger partial charge in [-0.25, -0.2) is 9.48 Å². The van der Waals surface area contributed by atoms with Crippen molar-refractivity contribution in [2.75, 3.05) is 0 Å². The van der Waals surface area contributed by atoms with Gasteiger partial charge in [-0.15, -0.1) is 0 Å². The summed E-state index contributed by atoms with van der Waals surface area (Å²) in [5.41, 5.74) is 2.24.